The standard InChI is InChI=1S/C12H15N3O3/c13-11(14-17)8-12(16)15-6-3-7-18-10-5-2-1-4-9(10)15/h1-2,4-5,17H,3,6-8H2,(H2,13,14). The lowest BCUT2D eigenvalue weighted by atomic mass is 10.2. The van der Waals surface area contributed by atoms with Crippen molar-refractivity contribution < 1.29 is 14.7 Å². The first-order valence-electron chi connectivity index (χ1n) is 5.71. The van der Waals surface area contributed by atoms with Crippen LogP contribution in [0.5, 0.6) is 5.75 Å². The molecule has 0 radical (unpaired) electrons. The predicted molar refractivity (Wildman–Crippen MR) is 66.9 cm³/mol. The van der Waals surface area contributed by atoms with Crippen LogP contribution in [0.15, 0.2) is 29.4 Å². The Morgan fingerprint density at radius 1 is 1.50 bits per heavy atom. The Bertz CT molecular complexity index is 473. The van der Waals surface area contributed by atoms with Crippen molar-refractivity contribution in [3.05, 3.63) is 24.3 Å². The molecule has 3 N–H and O–H groups in total. The number of ether oxygens (including phenoxy) is 1. The number of carbonyl (C=O) groups is 1. The van der Waals surface area contributed by atoms with Crippen LogP contribution >= 0.6 is 0 Å². The van der Waals surface area contributed by atoms with E-state index >= 15 is 0 Å². The van der Waals surface area contributed by atoms with Gasteiger partial charge in [-0.2, -0.15) is 0 Å². The number of nitrogens with zero attached hydrogens (tertiary/aromatic N) is 2. The largest absolute Gasteiger partial charge is 0.491 e. The van der Waals surface area contributed by atoms with Gasteiger partial charge in [0.15, 0.2) is 0 Å². The Labute approximate surface area is 105 Å². The molecule has 0 saturated carbocycles. The van der Waals surface area contributed by atoms with Crippen LogP contribution in [0.1, 0.15) is 12.8 Å². The molecule has 0 aliphatic carbocycles. The molecule has 96 valence electrons. The third-order valence-electron chi connectivity index (χ3n) is 2.70. The normalized spacial score (nSPS) is 15.6. The summed E-state index contributed by atoms with van der Waals surface area (Å²) in [5.41, 5.74) is 6.09. The van der Waals surface area contributed by atoms with E-state index in [0.717, 1.165) is 12.1 Å². The molecule has 0 unspecified atom stereocenters. The second-order valence-electron chi connectivity index (χ2n) is 3.98. The number of oxime groups is 1. The summed E-state index contributed by atoms with van der Waals surface area (Å²) in [6.45, 7) is 1.14. The summed E-state index contributed by atoms with van der Waals surface area (Å²) in [4.78, 5) is 13.7. The Kier molecular flexibility index (Phi) is 3.66. The number of amidine groups is 1. The SMILES string of the molecule is N/C(CC(=O)N1CCCOc2ccccc21)=N/O. The zero-order valence-electron chi connectivity index (χ0n) is 9.87. The van der Waals surface area contributed by atoms with E-state index < -0.39 is 0 Å². The van der Waals surface area contributed by atoms with Crippen LogP contribution in [0.4, 0.5) is 5.69 Å². The zero-order chi connectivity index (χ0) is 13.0. The summed E-state index contributed by atoms with van der Waals surface area (Å²) in [5, 5.41) is 11.3. The van der Waals surface area contributed by atoms with Crippen LogP contribution in [0, 0.1) is 0 Å². The van der Waals surface area contributed by atoms with Gasteiger partial charge in [0.1, 0.15) is 11.6 Å². The number of para-hydroxylation sites is 2. The Morgan fingerprint density at radius 2 is 2.28 bits per heavy atom. The van der Waals surface area contributed by atoms with E-state index in [1.807, 2.05) is 24.3 Å². The van der Waals surface area contributed by atoms with E-state index in [-0.39, 0.29) is 18.2 Å². The van der Waals surface area contributed by atoms with Crippen LogP contribution in [0.3, 0.4) is 0 Å². The van der Waals surface area contributed by atoms with E-state index in [1.54, 1.807) is 4.90 Å². The molecule has 1 aromatic carbocycles. The molecule has 0 fully saturated rings. The minimum Gasteiger partial charge on any atom is -0.491 e. The van der Waals surface area contributed by atoms with Gasteiger partial charge in [-0.05, 0) is 18.6 Å². The topological polar surface area (TPSA) is 88.2 Å². The highest BCUT2D eigenvalue weighted by molar-refractivity contribution is 6.06. The van der Waals surface area contributed by atoms with E-state index in [1.165, 1.54) is 0 Å². The molecule has 6 heteroatoms. The third kappa shape index (κ3) is 2.53. The molecular weight excluding hydrogens is 234 g/mol. The Morgan fingerprint density at radius 3 is 3.06 bits per heavy atom. The van der Waals surface area contributed by atoms with Crippen molar-refractivity contribution in [3.8, 4) is 5.75 Å². The smallest absolute Gasteiger partial charge is 0.234 e. The van der Waals surface area contributed by atoms with Gasteiger partial charge in [-0.25, -0.2) is 0 Å². The van der Waals surface area contributed by atoms with Gasteiger partial charge in [-0.3, -0.25) is 4.79 Å². The molecule has 1 amide bonds. The maximum Gasteiger partial charge on any atom is 0.234 e. The Hall–Kier alpha value is -2.24. The number of nitrogens with two attached hydrogens (primary N) is 1. The summed E-state index contributed by atoms with van der Waals surface area (Å²) in [6, 6.07) is 7.35. The molecule has 1 heterocycles. The van der Waals surface area contributed by atoms with Crippen molar-refractivity contribution in [2.45, 2.75) is 12.8 Å². The van der Waals surface area contributed by atoms with E-state index in [0.29, 0.717) is 18.9 Å². The van der Waals surface area contributed by atoms with Crippen molar-refractivity contribution in [1.29, 1.82) is 0 Å². The first-order chi connectivity index (χ1) is 8.72. The molecule has 2 rings (SSSR count). The fourth-order valence-electron chi connectivity index (χ4n) is 1.87. The van der Waals surface area contributed by atoms with Crippen LogP contribution < -0.4 is 15.4 Å². The van der Waals surface area contributed by atoms with Gasteiger partial charge in [0.25, 0.3) is 0 Å². The predicted octanol–water partition coefficient (Wildman–Crippen LogP) is 0.939. The van der Waals surface area contributed by atoms with Gasteiger partial charge in [-0.15, -0.1) is 0 Å². The van der Waals surface area contributed by atoms with Crippen molar-refractivity contribution in [2.24, 2.45) is 10.9 Å². The monoisotopic (exact) mass is 249 g/mol. The summed E-state index contributed by atoms with van der Waals surface area (Å²) in [7, 11) is 0. The average molecular weight is 249 g/mol. The molecule has 18 heavy (non-hydrogen) atoms. The second kappa shape index (κ2) is 5.39. The van der Waals surface area contributed by atoms with Crippen molar-refractivity contribution in [1.82, 2.24) is 0 Å². The fourth-order valence-corrected chi connectivity index (χ4v) is 1.87. The van der Waals surface area contributed by atoms with Gasteiger partial charge in [0.2, 0.25) is 5.91 Å². The van der Waals surface area contributed by atoms with Gasteiger partial charge in [0.05, 0.1) is 18.7 Å². The number of benzene rings is 1. The number of fused-ring (bicyclic) bond motifs is 1. The average Bonchev–Trinajstić information content (AvgIpc) is 2.60. The second-order valence-corrected chi connectivity index (χ2v) is 3.98. The first kappa shape index (κ1) is 12.2. The number of anilines is 1. The molecule has 0 spiro atoms. The van der Waals surface area contributed by atoms with E-state index in [4.69, 9.17) is 15.7 Å². The molecule has 1 aromatic rings. The number of carbonyl (C=O) groups excluding carboxylic acids is 1. The lowest BCUT2D eigenvalue weighted by molar-refractivity contribution is -0.117. The molecule has 0 saturated heterocycles. The van der Waals surface area contributed by atoms with Crippen LogP contribution in [0.2, 0.25) is 0 Å². The number of hydrogen-bond acceptors (Lipinski definition) is 4. The number of hydrogen-bond donors (Lipinski definition) is 2. The summed E-state index contributed by atoms with van der Waals surface area (Å²) < 4.78 is 5.56. The fraction of sp³-hybridized carbons (Fsp3) is 0.333. The number of amides is 1. The third-order valence-corrected chi connectivity index (χ3v) is 2.70. The molecule has 0 aromatic heterocycles. The van der Waals surface area contributed by atoms with Crippen molar-refractivity contribution >= 4 is 17.4 Å². The quantitative estimate of drug-likeness (QED) is 0.353. The van der Waals surface area contributed by atoms with Gasteiger partial charge >= 0.3 is 0 Å². The highest BCUT2D eigenvalue weighted by Crippen LogP contribution is 2.30. The molecule has 0 bridgehead atoms. The van der Waals surface area contributed by atoms with Gasteiger partial charge < -0.3 is 20.6 Å². The molecule has 6 nitrogen and oxygen atoms in total. The minimum absolute atomic E-state index is 0.0948. The summed E-state index contributed by atoms with van der Waals surface area (Å²) >= 11 is 0. The summed E-state index contributed by atoms with van der Waals surface area (Å²) in [5.74, 6) is 0.383. The van der Waals surface area contributed by atoms with Crippen LogP contribution in [-0.4, -0.2) is 30.1 Å². The Balaban J connectivity index is 2.25. The van der Waals surface area contributed by atoms with E-state index in [2.05, 4.69) is 5.16 Å². The molecule has 0 atom stereocenters. The first-order valence-corrected chi connectivity index (χ1v) is 5.71. The van der Waals surface area contributed by atoms with Gasteiger partial charge in [-0.1, -0.05) is 17.3 Å². The van der Waals surface area contributed by atoms with Crippen molar-refractivity contribution in [3.63, 3.8) is 0 Å². The molecule has 1 aliphatic heterocycles. The zero-order valence-corrected chi connectivity index (χ0v) is 9.87. The van der Waals surface area contributed by atoms with E-state index in [9.17, 15) is 4.79 Å². The summed E-state index contributed by atoms with van der Waals surface area (Å²) in [6.07, 6.45) is 0.640. The minimum atomic E-state index is -0.205. The highest BCUT2D eigenvalue weighted by atomic mass is 16.5. The maximum absolute atomic E-state index is 12.1. The van der Waals surface area contributed by atoms with Gasteiger partial charge in [0, 0.05) is 6.54 Å². The van der Waals surface area contributed by atoms with Crippen LogP contribution in [0.25, 0.3) is 0 Å². The lowest BCUT2D eigenvalue weighted by Gasteiger charge is -2.21. The lowest BCUT2D eigenvalue weighted by Crippen LogP contribution is -2.34. The molecule has 1 aliphatic rings. The maximum atomic E-state index is 12.1. The molecular formula is C12H15N3O3. The number of rotatable bonds is 2. The van der Waals surface area contributed by atoms with Crippen molar-refractivity contribution in [2.75, 3.05) is 18.1 Å². The van der Waals surface area contributed by atoms with Crippen LogP contribution in [-0.2, 0) is 4.79 Å². The highest BCUT2D eigenvalue weighted by Gasteiger charge is 2.22.